The van der Waals surface area contributed by atoms with Crippen LogP contribution < -0.4 is 5.32 Å². The lowest BCUT2D eigenvalue weighted by Gasteiger charge is -2.15. The van der Waals surface area contributed by atoms with Crippen molar-refractivity contribution in [2.24, 2.45) is 0 Å². The second-order valence-corrected chi connectivity index (χ2v) is 7.13. The maximum Gasteiger partial charge on any atom is 0.340 e. The minimum atomic E-state index is -1.06. The molecule has 0 spiro atoms. The van der Waals surface area contributed by atoms with E-state index in [-0.39, 0.29) is 17.2 Å². The SMILES string of the molecule is C[C@H](OC(=O)c1ccccc1SCC(=O)N(C)C)C(=O)Nc1ccc(F)cc1. The quantitative estimate of drug-likeness (QED) is 0.567. The summed E-state index contributed by atoms with van der Waals surface area (Å²) >= 11 is 1.22. The Balaban J connectivity index is 2.00. The summed E-state index contributed by atoms with van der Waals surface area (Å²) in [7, 11) is 3.31. The van der Waals surface area contributed by atoms with Crippen LogP contribution >= 0.6 is 11.8 Å². The highest BCUT2D eigenvalue weighted by atomic mass is 32.2. The Kier molecular flexibility index (Phi) is 7.57. The van der Waals surface area contributed by atoms with Crippen LogP contribution in [0.5, 0.6) is 0 Å². The average molecular weight is 404 g/mol. The van der Waals surface area contributed by atoms with E-state index in [0.29, 0.717) is 10.6 Å². The third-order valence-corrected chi connectivity index (χ3v) is 4.78. The highest BCUT2D eigenvalue weighted by molar-refractivity contribution is 8.00. The Bertz CT molecular complexity index is 856. The van der Waals surface area contributed by atoms with Gasteiger partial charge in [-0.2, -0.15) is 0 Å². The van der Waals surface area contributed by atoms with E-state index in [4.69, 9.17) is 4.74 Å². The maximum atomic E-state index is 12.9. The molecule has 2 amide bonds. The van der Waals surface area contributed by atoms with Gasteiger partial charge in [-0.15, -0.1) is 11.8 Å². The molecule has 6 nitrogen and oxygen atoms in total. The Morgan fingerprint density at radius 3 is 2.39 bits per heavy atom. The number of benzene rings is 2. The number of carbonyl (C=O) groups is 3. The normalized spacial score (nSPS) is 11.4. The minimum Gasteiger partial charge on any atom is -0.449 e. The molecular weight excluding hydrogens is 383 g/mol. The van der Waals surface area contributed by atoms with Crippen LogP contribution in [0.15, 0.2) is 53.4 Å². The number of ether oxygens (including phenoxy) is 1. The summed E-state index contributed by atoms with van der Waals surface area (Å²) in [5.41, 5.74) is 0.674. The fourth-order valence-electron chi connectivity index (χ4n) is 2.08. The third-order valence-electron chi connectivity index (χ3n) is 3.72. The average Bonchev–Trinajstić information content (AvgIpc) is 2.67. The van der Waals surface area contributed by atoms with E-state index in [1.54, 1.807) is 38.4 Å². The van der Waals surface area contributed by atoms with Crippen molar-refractivity contribution in [3.63, 3.8) is 0 Å². The van der Waals surface area contributed by atoms with Crippen LogP contribution in [-0.2, 0) is 14.3 Å². The first-order chi connectivity index (χ1) is 13.3. The van der Waals surface area contributed by atoms with Gasteiger partial charge in [0.1, 0.15) is 5.82 Å². The zero-order valence-electron chi connectivity index (χ0n) is 15.8. The minimum absolute atomic E-state index is 0.0831. The van der Waals surface area contributed by atoms with Crippen molar-refractivity contribution in [1.82, 2.24) is 4.90 Å². The predicted molar refractivity (Wildman–Crippen MR) is 106 cm³/mol. The van der Waals surface area contributed by atoms with Crippen LogP contribution in [0, 0.1) is 5.82 Å². The molecule has 0 fully saturated rings. The summed E-state index contributed by atoms with van der Waals surface area (Å²) in [6, 6.07) is 12.0. The van der Waals surface area contributed by atoms with Crippen molar-refractivity contribution in [1.29, 1.82) is 0 Å². The zero-order chi connectivity index (χ0) is 20.7. The van der Waals surface area contributed by atoms with Gasteiger partial charge in [-0.1, -0.05) is 12.1 Å². The summed E-state index contributed by atoms with van der Waals surface area (Å²) in [5.74, 6) is -1.52. The van der Waals surface area contributed by atoms with Crippen molar-refractivity contribution in [2.45, 2.75) is 17.9 Å². The van der Waals surface area contributed by atoms with E-state index >= 15 is 0 Å². The summed E-state index contributed by atoms with van der Waals surface area (Å²) in [4.78, 5) is 38.5. The van der Waals surface area contributed by atoms with Crippen molar-refractivity contribution in [2.75, 3.05) is 25.2 Å². The van der Waals surface area contributed by atoms with Crippen LogP contribution in [0.3, 0.4) is 0 Å². The van der Waals surface area contributed by atoms with E-state index in [9.17, 15) is 18.8 Å². The Morgan fingerprint density at radius 1 is 1.11 bits per heavy atom. The number of hydrogen-bond acceptors (Lipinski definition) is 5. The molecule has 0 bridgehead atoms. The van der Waals surface area contributed by atoms with Crippen molar-refractivity contribution >= 4 is 35.2 Å². The van der Waals surface area contributed by atoms with Gasteiger partial charge in [0.15, 0.2) is 6.10 Å². The van der Waals surface area contributed by atoms with Gasteiger partial charge in [0, 0.05) is 24.7 Å². The summed E-state index contributed by atoms with van der Waals surface area (Å²) in [5, 5.41) is 2.55. The summed E-state index contributed by atoms with van der Waals surface area (Å²) in [6.45, 7) is 1.45. The van der Waals surface area contributed by atoms with E-state index in [0.717, 1.165) is 0 Å². The van der Waals surface area contributed by atoms with Crippen LogP contribution in [0.25, 0.3) is 0 Å². The van der Waals surface area contributed by atoms with Gasteiger partial charge in [0.2, 0.25) is 5.91 Å². The number of nitrogens with one attached hydrogen (secondary N) is 1. The molecule has 0 heterocycles. The van der Waals surface area contributed by atoms with Crippen LogP contribution in [0.2, 0.25) is 0 Å². The lowest BCUT2D eigenvalue weighted by atomic mass is 10.2. The standard InChI is InChI=1S/C20H21FN2O4S/c1-13(19(25)22-15-10-8-14(21)9-11-15)27-20(26)16-6-4-5-7-17(16)28-12-18(24)23(2)3/h4-11,13H,12H2,1-3H3,(H,22,25)/t13-/m0/s1. The van der Waals surface area contributed by atoms with Gasteiger partial charge in [-0.05, 0) is 43.3 Å². The molecule has 0 radical (unpaired) electrons. The molecule has 0 aromatic heterocycles. The van der Waals surface area contributed by atoms with E-state index in [2.05, 4.69) is 5.32 Å². The van der Waals surface area contributed by atoms with E-state index in [1.165, 1.54) is 47.9 Å². The molecule has 2 rings (SSSR count). The number of anilines is 1. The van der Waals surface area contributed by atoms with E-state index < -0.39 is 23.8 Å². The molecule has 0 saturated carbocycles. The number of rotatable bonds is 7. The molecule has 0 unspecified atom stereocenters. The molecule has 2 aromatic carbocycles. The van der Waals surface area contributed by atoms with E-state index in [1.807, 2.05) is 0 Å². The molecule has 1 atom stereocenters. The fourth-order valence-corrected chi connectivity index (χ4v) is 3.10. The zero-order valence-corrected chi connectivity index (χ0v) is 16.6. The molecular formula is C20H21FN2O4S. The molecule has 2 aromatic rings. The van der Waals surface area contributed by atoms with Crippen LogP contribution in [0.4, 0.5) is 10.1 Å². The Hall–Kier alpha value is -2.87. The summed E-state index contributed by atoms with van der Waals surface area (Å²) < 4.78 is 18.2. The molecule has 0 aliphatic rings. The smallest absolute Gasteiger partial charge is 0.340 e. The van der Waals surface area contributed by atoms with Crippen molar-refractivity contribution in [3.8, 4) is 0 Å². The van der Waals surface area contributed by atoms with Crippen LogP contribution in [-0.4, -0.2) is 48.6 Å². The number of halogens is 1. The first-order valence-electron chi connectivity index (χ1n) is 8.47. The Labute approximate surface area is 167 Å². The predicted octanol–water partition coefficient (Wildman–Crippen LogP) is 3.19. The maximum absolute atomic E-state index is 12.9. The largest absolute Gasteiger partial charge is 0.449 e. The first-order valence-corrected chi connectivity index (χ1v) is 9.46. The summed E-state index contributed by atoms with van der Waals surface area (Å²) in [6.07, 6.45) is -1.06. The van der Waals surface area contributed by atoms with Gasteiger partial charge >= 0.3 is 5.97 Å². The van der Waals surface area contributed by atoms with Gasteiger partial charge in [0.05, 0.1) is 11.3 Å². The lowest BCUT2D eigenvalue weighted by molar-refractivity contribution is -0.126. The number of hydrogen-bond donors (Lipinski definition) is 1. The van der Waals surface area contributed by atoms with Gasteiger partial charge in [-0.3, -0.25) is 9.59 Å². The van der Waals surface area contributed by atoms with Gasteiger partial charge < -0.3 is 15.0 Å². The molecule has 8 heteroatoms. The van der Waals surface area contributed by atoms with Crippen molar-refractivity contribution in [3.05, 3.63) is 59.9 Å². The topological polar surface area (TPSA) is 75.7 Å². The molecule has 0 aliphatic carbocycles. The van der Waals surface area contributed by atoms with Crippen LogP contribution in [0.1, 0.15) is 17.3 Å². The van der Waals surface area contributed by atoms with Crippen molar-refractivity contribution < 1.29 is 23.5 Å². The molecule has 1 N–H and O–H groups in total. The highest BCUT2D eigenvalue weighted by Gasteiger charge is 2.21. The second kappa shape index (κ2) is 9.89. The molecule has 0 saturated heterocycles. The number of nitrogens with zero attached hydrogens (tertiary/aromatic N) is 1. The van der Waals surface area contributed by atoms with Gasteiger partial charge in [-0.25, -0.2) is 9.18 Å². The fraction of sp³-hybridized carbons (Fsp3) is 0.250. The third kappa shape index (κ3) is 6.09. The number of thioether (sulfide) groups is 1. The lowest BCUT2D eigenvalue weighted by Crippen LogP contribution is -2.30. The molecule has 28 heavy (non-hydrogen) atoms. The number of amides is 2. The second-order valence-electron chi connectivity index (χ2n) is 6.12. The molecule has 0 aliphatic heterocycles. The monoisotopic (exact) mass is 404 g/mol. The Morgan fingerprint density at radius 2 is 1.75 bits per heavy atom. The first kappa shape index (κ1) is 21.4. The number of carbonyl (C=O) groups excluding carboxylic acids is 3. The highest BCUT2D eigenvalue weighted by Crippen LogP contribution is 2.24. The number of esters is 1. The van der Waals surface area contributed by atoms with Gasteiger partial charge in [0.25, 0.3) is 5.91 Å². The molecule has 148 valence electrons.